The van der Waals surface area contributed by atoms with Crippen molar-refractivity contribution >= 4 is 28.2 Å². The molecule has 3 aromatic rings. The first kappa shape index (κ1) is 18.6. The van der Waals surface area contributed by atoms with Crippen LogP contribution in [-0.4, -0.2) is 22.6 Å². The molecule has 0 bridgehead atoms. The quantitative estimate of drug-likeness (QED) is 0.410. The number of nitrogens with one attached hydrogen (secondary N) is 1. The Morgan fingerprint density at radius 2 is 1.65 bits per heavy atom. The highest BCUT2D eigenvalue weighted by atomic mass is 32.2. The number of rotatable bonds is 9. The van der Waals surface area contributed by atoms with Crippen LogP contribution >= 0.6 is 23.1 Å². The molecule has 0 spiro atoms. The molecule has 0 fully saturated rings. The Kier molecular flexibility index (Phi) is 6.79. The summed E-state index contributed by atoms with van der Waals surface area (Å²) in [6, 6.07) is 12.3. The molecule has 0 saturated carbocycles. The van der Waals surface area contributed by atoms with Gasteiger partial charge >= 0.3 is 0 Å². The minimum absolute atomic E-state index is 0.244. The third-order valence-electron chi connectivity index (χ3n) is 3.36. The van der Waals surface area contributed by atoms with E-state index in [2.05, 4.69) is 15.5 Å². The Bertz CT molecular complexity index is 810. The van der Waals surface area contributed by atoms with Crippen LogP contribution in [0.25, 0.3) is 0 Å². The maximum atomic E-state index is 12.9. The molecule has 0 saturated heterocycles. The minimum atomic E-state index is -0.270. The monoisotopic (exact) mass is 393 g/mol. The van der Waals surface area contributed by atoms with Crippen molar-refractivity contribution in [2.45, 2.75) is 17.3 Å². The maximum absolute atomic E-state index is 12.9. The van der Waals surface area contributed by atoms with E-state index in [1.165, 1.54) is 35.6 Å². The number of benzene rings is 2. The van der Waals surface area contributed by atoms with Crippen molar-refractivity contribution in [1.29, 1.82) is 0 Å². The molecule has 4 nitrogen and oxygen atoms in total. The third-order valence-corrected chi connectivity index (χ3v) is 5.46. The highest BCUT2D eigenvalue weighted by Gasteiger charge is 2.05. The first-order valence-corrected chi connectivity index (χ1v) is 9.82. The summed E-state index contributed by atoms with van der Waals surface area (Å²) in [5, 5.41) is 12.2. The molecule has 0 atom stereocenters. The van der Waals surface area contributed by atoms with Gasteiger partial charge in [0.2, 0.25) is 5.13 Å². The second-order valence-corrected chi connectivity index (χ2v) is 7.68. The summed E-state index contributed by atoms with van der Waals surface area (Å²) in [7, 11) is 0. The second kappa shape index (κ2) is 9.49. The van der Waals surface area contributed by atoms with Crippen molar-refractivity contribution in [2.75, 3.05) is 17.7 Å². The Hall–Kier alpha value is -2.19. The number of hydrogen-bond acceptors (Lipinski definition) is 6. The lowest BCUT2D eigenvalue weighted by molar-refractivity contribution is 0.318. The molecule has 0 radical (unpaired) electrons. The van der Waals surface area contributed by atoms with Gasteiger partial charge in [0, 0.05) is 12.3 Å². The normalized spacial score (nSPS) is 10.7. The summed E-state index contributed by atoms with van der Waals surface area (Å²) >= 11 is 3.10. The highest BCUT2D eigenvalue weighted by Crippen LogP contribution is 2.26. The van der Waals surface area contributed by atoms with Crippen LogP contribution in [0.2, 0.25) is 0 Å². The van der Waals surface area contributed by atoms with E-state index in [1.807, 2.05) is 0 Å². The van der Waals surface area contributed by atoms with Crippen LogP contribution in [0.1, 0.15) is 12.0 Å². The third kappa shape index (κ3) is 5.96. The van der Waals surface area contributed by atoms with Crippen molar-refractivity contribution in [3.63, 3.8) is 0 Å². The van der Waals surface area contributed by atoms with Crippen molar-refractivity contribution in [3.8, 4) is 5.75 Å². The number of halogens is 2. The molecule has 0 aliphatic carbocycles. The Morgan fingerprint density at radius 3 is 2.38 bits per heavy atom. The number of hydrogen-bond donors (Lipinski definition) is 1. The topological polar surface area (TPSA) is 47.0 Å². The van der Waals surface area contributed by atoms with E-state index in [1.54, 1.807) is 36.0 Å². The predicted molar refractivity (Wildman–Crippen MR) is 101 cm³/mol. The molecular formula is C18H17F2N3OS2. The molecule has 0 aliphatic heterocycles. The fraction of sp³-hybridized carbons (Fsp3) is 0.222. The number of nitrogens with zero attached hydrogens (tertiary/aromatic N) is 2. The molecule has 2 aromatic carbocycles. The lowest BCUT2D eigenvalue weighted by Gasteiger charge is -2.04. The van der Waals surface area contributed by atoms with Crippen molar-refractivity contribution < 1.29 is 13.5 Å². The first-order chi connectivity index (χ1) is 12.7. The van der Waals surface area contributed by atoms with Gasteiger partial charge in [-0.25, -0.2) is 8.78 Å². The number of thioether (sulfide) groups is 1. The Morgan fingerprint density at radius 1 is 0.962 bits per heavy atom. The zero-order valence-corrected chi connectivity index (χ0v) is 15.5. The first-order valence-electron chi connectivity index (χ1n) is 8.02. The van der Waals surface area contributed by atoms with E-state index < -0.39 is 0 Å². The molecule has 0 unspecified atom stereocenters. The molecule has 0 amide bonds. The molecule has 1 aromatic heterocycles. The van der Waals surface area contributed by atoms with Crippen LogP contribution in [0.5, 0.6) is 5.75 Å². The van der Waals surface area contributed by atoms with Gasteiger partial charge in [-0.3, -0.25) is 0 Å². The van der Waals surface area contributed by atoms with Gasteiger partial charge in [0.25, 0.3) is 0 Å². The number of ether oxygens (including phenoxy) is 1. The molecule has 3 rings (SSSR count). The molecule has 136 valence electrons. The van der Waals surface area contributed by atoms with Crippen LogP contribution in [0.15, 0.2) is 52.9 Å². The average molecular weight is 393 g/mol. The van der Waals surface area contributed by atoms with Crippen molar-refractivity contribution in [2.24, 2.45) is 0 Å². The summed E-state index contributed by atoms with van der Waals surface area (Å²) in [6.45, 7) is 1.14. The summed E-state index contributed by atoms with van der Waals surface area (Å²) in [5.74, 6) is 1.01. The molecular weight excluding hydrogens is 376 g/mol. The fourth-order valence-corrected chi connectivity index (χ4v) is 3.79. The van der Waals surface area contributed by atoms with Gasteiger partial charge in [0.15, 0.2) is 4.34 Å². The molecule has 26 heavy (non-hydrogen) atoms. The molecule has 8 heteroatoms. The number of aromatic nitrogens is 2. The van der Waals surface area contributed by atoms with Crippen LogP contribution in [0.3, 0.4) is 0 Å². The predicted octanol–water partition coefficient (Wildman–Crippen LogP) is 4.99. The van der Waals surface area contributed by atoms with Crippen molar-refractivity contribution in [1.82, 2.24) is 10.2 Å². The van der Waals surface area contributed by atoms with Crippen LogP contribution in [0.4, 0.5) is 13.9 Å². The molecule has 1 N–H and O–H groups in total. The average Bonchev–Trinajstić information content (AvgIpc) is 3.10. The van der Waals surface area contributed by atoms with Gasteiger partial charge in [-0.15, -0.1) is 10.2 Å². The van der Waals surface area contributed by atoms with Gasteiger partial charge in [-0.1, -0.05) is 35.2 Å². The highest BCUT2D eigenvalue weighted by molar-refractivity contribution is 8.01. The minimum Gasteiger partial charge on any atom is -0.494 e. The van der Waals surface area contributed by atoms with E-state index >= 15 is 0 Å². The van der Waals surface area contributed by atoms with Gasteiger partial charge in [-0.05, 0) is 48.4 Å². The van der Waals surface area contributed by atoms with Gasteiger partial charge in [0.1, 0.15) is 17.4 Å². The summed E-state index contributed by atoms with van der Waals surface area (Å²) < 4.78 is 32.1. The second-order valence-electron chi connectivity index (χ2n) is 5.36. The number of anilines is 1. The smallest absolute Gasteiger partial charge is 0.206 e. The van der Waals surface area contributed by atoms with E-state index in [0.717, 1.165) is 27.2 Å². The van der Waals surface area contributed by atoms with Gasteiger partial charge in [-0.2, -0.15) is 0 Å². The van der Waals surface area contributed by atoms with Crippen LogP contribution < -0.4 is 10.1 Å². The Labute approximate surface area is 158 Å². The van der Waals surface area contributed by atoms with E-state index in [4.69, 9.17) is 4.74 Å². The zero-order valence-electron chi connectivity index (χ0n) is 13.8. The largest absolute Gasteiger partial charge is 0.494 e. The van der Waals surface area contributed by atoms with E-state index in [9.17, 15) is 8.78 Å². The lowest BCUT2D eigenvalue weighted by Crippen LogP contribution is -1.98. The van der Waals surface area contributed by atoms with Crippen LogP contribution in [0, 0.1) is 11.6 Å². The van der Waals surface area contributed by atoms with Gasteiger partial charge < -0.3 is 10.1 Å². The Balaban J connectivity index is 1.34. The zero-order chi connectivity index (χ0) is 18.2. The van der Waals surface area contributed by atoms with Crippen LogP contribution in [-0.2, 0) is 6.54 Å². The standard InChI is InChI=1S/C18H17F2N3OS2/c19-14-4-2-13(3-5-14)12-21-17-22-23-18(26-17)25-11-1-10-24-16-8-6-15(20)7-9-16/h2-9H,1,10-12H2,(H,21,22). The summed E-state index contributed by atoms with van der Waals surface area (Å²) in [4.78, 5) is 0. The van der Waals surface area contributed by atoms with Gasteiger partial charge in [0.05, 0.1) is 6.61 Å². The SMILES string of the molecule is Fc1ccc(CNc2nnc(SCCCOc3ccc(F)cc3)s2)cc1. The molecule has 1 heterocycles. The molecule has 0 aliphatic rings. The summed E-state index contributed by atoms with van der Waals surface area (Å²) in [5.41, 5.74) is 0.980. The maximum Gasteiger partial charge on any atom is 0.206 e. The summed E-state index contributed by atoms with van der Waals surface area (Å²) in [6.07, 6.45) is 0.847. The van der Waals surface area contributed by atoms with Crippen molar-refractivity contribution in [3.05, 3.63) is 65.7 Å². The lowest BCUT2D eigenvalue weighted by atomic mass is 10.2. The van der Waals surface area contributed by atoms with E-state index in [-0.39, 0.29) is 11.6 Å². The fourth-order valence-electron chi connectivity index (χ4n) is 2.06. The van der Waals surface area contributed by atoms with E-state index in [0.29, 0.717) is 18.9 Å².